The smallest absolute Gasteiger partial charge is 0.251 e. The minimum atomic E-state index is -0.600. The molecule has 0 spiro atoms. The molecule has 0 aliphatic heterocycles. The van der Waals surface area contributed by atoms with Crippen LogP contribution in [0.5, 0.6) is 0 Å². The summed E-state index contributed by atoms with van der Waals surface area (Å²) in [6.45, 7) is 0.194. The van der Waals surface area contributed by atoms with Crippen LogP contribution in [0.3, 0.4) is 0 Å². The second-order valence-electron chi connectivity index (χ2n) is 6.92. The molecule has 0 aliphatic rings. The van der Waals surface area contributed by atoms with Gasteiger partial charge in [-0.25, -0.2) is 9.07 Å². The number of aromatic nitrogens is 2. The third-order valence-corrected chi connectivity index (χ3v) is 4.78. The van der Waals surface area contributed by atoms with Crippen LogP contribution in [0, 0.1) is 5.82 Å². The molecule has 3 N–H and O–H groups in total. The van der Waals surface area contributed by atoms with Crippen LogP contribution in [0.1, 0.15) is 26.3 Å². The molecule has 2 amide bonds. The van der Waals surface area contributed by atoms with Gasteiger partial charge >= 0.3 is 0 Å². The van der Waals surface area contributed by atoms with Crippen molar-refractivity contribution in [1.82, 2.24) is 15.1 Å². The summed E-state index contributed by atoms with van der Waals surface area (Å²) >= 11 is 0. The topological polar surface area (TPSA) is 90.0 Å². The van der Waals surface area contributed by atoms with Crippen LogP contribution >= 0.6 is 0 Å². The van der Waals surface area contributed by atoms with E-state index in [1.54, 1.807) is 35.0 Å². The summed E-state index contributed by atoms with van der Waals surface area (Å²) in [5.74, 6) is -1.28. The maximum Gasteiger partial charge on any atom is 0.251 e. The Hall–Kier alpha value is -4.26. The molecule has 31 heavy (non-hydrogen) atoms. The first-order valence-corrected chi connectivity index (χ1v) is 9.59. The van der Waals surface area contributed by atoms with Gasteiger partial charge in [-0.3, -0.25) is 9.59 Å². The molecule has 1 aromatic heterocycles. The van der Waals surface area contributed by atoms with Gasteiger partial charge < -0.3 is 11.1 Å². The van der Waals surface area contributed by atoms with Crippen molar-refractivity contribution in [1.29, 1.82) is 0 Å². The number of hydrogen-bond acceptors (Lipinski definition) is 3. The van der Waals surface area contributed by atoms with Gasteiger partial charge in [0, 0.05) is 35.0 Å². The highest BCUT2D eigenvalue weighted by molar-refractivity contribution is 5.99. The second kappa shape index (κ2) is 8.62. The molecule has 0 unspecified atom stereocenters. The Labute approximate surface area is 178 Å². The molecule has 7 heteroatoms. The molecular formula is C24H19FN4O2. The number of nitrogens with two attached hydrogens (primary N) is 1. The first-order chi connectivity index (χ1) is 15.0. The Morgan fingerprint density at radius 1 is 0.935 bits per heavy atom. The number of halogens is 1. The zero-order chi connectivity index (χ0) is 21.8. The normalized spacial score (nSPS) is 10.6. The van der Waals surface area contributed by atoms with E-state index >= 15 is 0 Å². The van der Waals surface area contributed by atoms with Crippen molar-refractivity contribution in [2.24, 2.45) is 5.73 Å². The minimum absolute atomic E-state index is 0.194. The van der Waals surface area contributed by atoms with Gasteiger partial charge in [-0.05, 0) is 54.6 Å². The van der Waals surface area contributed by atoms with Gasteiger partial charge in [-0.2, -0.15) is 5.10 Å². The van der Waals surface area contributed by atoms with E-state index < -0.39 is 5.91 Å². The van der Waals surface area contributed by atoms with E-state index in [2.05, 4.69) is 10.4 Å². The molecule has 154 valence electrons. The van der Waals surface area contributed by atoms with Gasteiger partial charge in [0.15, 0.2) is 0 Å². The van der Waals surface area contributed by atoms with Gasteiger partial charge in [0.25, 0.3) is 5.91 Å². The maximum atomic E-state index is 13.4. The molecule has 6 nitrogen and oxygen atoms in total. The first kappa shape index (κ1) is 20.0. The first-order valence-electron chi connectivity index (χ1n) is 9.59. The Kier molecular flexibility index (Phi) is 5.57. The maximum absolute atomic E-state index is 13.4. The Bertz CT molecular complexity index is 1230. The van der Waals surface area contributed by atoms with Gasteiger partial charge in [-0.1, -0.05) is 24.3 Å². The van der Waals surface area contributed by atoms with E-state index in [1.807, 2.05) is 36.5 Å². The Morgan fingerprint density at radius 2 is 1.65 bits per heavy atom. The van der Waals surface area contributed by atoms with Crippen LogP contribution in [-0.4, -0.2) is 21.6 Å². The quantitative estimate of drug-likeness (QED) is 0.504. The number of benzene rings is 3. The number of hydrogen-bond donors (Lipinski definition) is 2. The highest BCUT2D eigenvalue weighted by atomic mass is 19.1. The van der Waals surface area contributed by atoms with Gasteiger partial charge in [0.05, 0.1) is 11.4 Å². The Balaban J connectivity index is 1.63. The fraction of sp³-hybridized carbons (Fsp3) is 0.0417. The Morgan fingerprint density at radius 3 is 2.35 bits per heavy atom. The molecule has 0 atom stereocenters. The molecule has 0 saturated heterocycles. The zero-order valence-electron chi connectivity index (χ0n) is 16.5. The summed E-state index contributed by atoms with van der Waals surface area (Å²) in [6.07, 6.45) is 1.83. The lowest BCUT2D eigenvalue weighted by molar-refractivity contribution is 0.0951. The van der Waals surface area contributed by atoms with Crippen molar-refractivity contribution in [3.05, 3.63) is 108 Å². The van der Waals surface area contributed by atoms with Crippen molar-refractivity contribution >= 4 is 11.8 Å². The van der Waals surface area contributed by atoms with E-state index in [1.165, 1.54) is 18.2 Å². The molecule has 0 radical (unpaired) electrons. The largest absolute Gasteiger partial charge is 0.366 e. The summed E-state index contributed by atoms with van der Waals surface area (Å²) in [5, 5.41) is 7.50. The van der Waals surface area contributed by atoms with E-state index in [9.17, 15) is 14.0 Å². The van der Waals surface area contributed by atoms with Crippen LogP contribution < -0.4 is 11.1 Å². The predicted octanol–water partition coefficient (Wildman–Crippen LogP) is 3.71. The summed E-state index contributed by atoms with van der Waals surface area (Å²) in [5.41, 5.74) is 8.87. The lowest BCUT2D eigenvalue weighted by Crippen LogP contribution is -2.23. The average Bonchev–Trinajstić information content (AvgIpc) is 3.23. The van der Waals surface area contributed by atoms with Crippen LogP contribution in [0.15, 0.2) is 85.1 Å². The monoisotopic (exact) mass is 414 g/mol. The number of carbonyl (C=O) groups excluding carboxylic acids is 2. The van der Waals surface area contributed by atoms with Gasteiger partial charge in [0.1, 0.15) is 5.82 Å². The third kappa shape index (κ3) is 4.51. The number of rotatable bonds is 6. The minimum Gasteiger partial charge on any atom is -0.366 e. The highest BCUT2D eigenvalue weighted by Gasteiger charge is 2.15. The summed E-state index contributed by atoms with van der Waals surface area (Å²) in [7, 11) is 0. The average molecular weight is 414 g/mol. The second-order valence-corrected chi connectivity index (χ2v) is 6.92. The number of carbonyl (C=O) groups is 2. The standard InChI is InChI=1S/C24H19FN4O2/c25-20-11-9-16(10-12-20)22-19(15-29(28-22)21-7-2-1-3-8-21)14-27-24(31)18-6-4-5-17(13-18)23(26)30/h1-13,15H,14H2,(H2,26,30)(H,27,31). The lowest BCUT2D eigenvalue weighted by atomic mass is 10.1. The molecule has 3 aromatic carbocycles. The molecule has 4 aromatic rings. The fourth-order valence-corrected chi connectivity index (χ4v) is 3.19. The van der Waals surface area contributed by atoms with E-state index in [-0.39, 0.29) is 23.8 Å². The van der Waals surface area contributed by atoms with Crippen molar-refractivity contribution in [3.8, 4) is 16.9 Å². The zero-order valence-corrected chi connectivity index (χ0v) is 16.5. The molecule has 0 saturated carbocycles. The summed E-state index contributed by atoms with van der Waals surface area (Å²) < 4.78 is 15.1. The van der Waals surface area contributed by atoms with Crippen LogP contribution in [0.4, 0.5) is 4.39 Å². The van der Waals surface area contributed by atoms with Crippen molar-refractivity contribution in [2.45, 2.75) is 6.54 Å². The molecule has 0 aliphatic carbocycles. The van der Waals surface area contributed by atoms with Crippen LogP contribution in [0.2, 0.25) is 0 Å². The molecule has 0 bridgehead atoms. The number of amides is 2. The van der Waals surface area contributed by atoms with E-state index in [4.69, 9.17) is 5.73 Å². The van der Waals surface area contributed by atoms with Crippen LogP contribution in [0.25, 0.3) is 16.9 Å². The van der Waals surface area contributed by atoms with Crippen molar-refractivity contribution in [3.63, 3.8) is 0 Å². The van der Waals surface area contributed by atoms with Gasteiger partial charge in [-0.15, -0.1) is 0 Å². The molecular weight excluding hydrogens is 395 g/mol. The number of nitrogens with one attached hydrogen (secondary N) is 1. The fourth-order valence-electron chi connectivity index (χ4n) is 3.19. The number of nitrogens with zero attached hydrogens (tertiary/aromatic N) is 2. The van der Waals surface area contributed by atoms with Gasteiger partial charge in [0.2, 0.25) is 5.91 Å². The van der Waals surface area contributed by atoms with Crippen molar-refractivity contribution < 1.29 is 14.0 Å². The summed E-state index contributed by atoms with van der Waals surface area (Å²) in [6, 6.07) is 21.8. The molecule has 1 heterocycles. The number of primary amides is 1. The number of para-hydroxylation sites is 1. The van der Waals surface area contributed by atoms with Crippen molar-refractivity contribution in [2.75, 3.05) is 0 Å². The highest BCUT2D eigenvalue weighted by Crippen LogP contribution is 2.24. The predicted molar refractivity (Wildman–Crippen MR) is 115 cm³/mol. The molecule has 4 rings (SSSR count). The lowest BCUT2D eigenvalue weighted by Gasteiger charge is -2.07. The third-order valence-electron chi connectivity index (χ3n) is 4.78. The van der Waals surface area contributed by atoms with E-state index in [0.29, 0.717) is 11.3 Å². The molecule has 0 fully saturated rings. The van der Waals surface area contributed by atoms with E-state index in [0.717, 1.165) is 16.8 Å². The SMILES string of the molecule is NC(=O)c1cccc(C(=O)NCc2cn(-c3ccccc3)nc2-c2ccc(F)cc2)c1. The van der Waals surface area contributed by atoms with Crippen LogP contribution in [-0.2, 0) is 6.54 Å². The summed E-state index contributed by atoms with van der Waals surface area (Å²) in [4.78, 5) is 24.0.